The van der Waals surface area contributed by atoms with E-state index in [2.05, 4.69) is 38.5 Å². The summed E-state index contributed by atoms with van der Waals surface area (Å²) in [5.74, 6) is -0.133. The Morgan fingerprint density at radius 3 is 2.46 bits per heavy atom. The number of unbranched alkanes of at least 4 members (excludes halogenated alkanes) is 2. The minimum Gasteiger partial charge on any atom is -0.493 e. The smallest absolute Gasteiger partial charge is 0.257 e. The standard InChI is InChI=1S/C35H39N7O6/c1-21-8-9-22(2)18-39-33(43)25-13-27(34(44)40-41-36)30(15-28(25)37-17-21)47-10-6-5-7-11-48-32-16-29-26(14-31(32)46-4)35(45)42-20-23(3)12-24(42)19-38-29/h13-17,19,21,24H,2-3,5-12,18,20H2,1,4H3,(H,39,43). The number of aliphatic imine (C=N–C) groups is 2. The van der Waals surface area contributed by atoms with Crippen LogP contribution in [0.4, 0.5) is 11.4 Å². The Labute approximate surface area is 279 Å². The summed E-state index contributed by atoms with van der Waals surface area (Å²) < 4.78 is 17.6. The Morgan fingerprint density at radius 1 is 1.00 bits per heavy atom. The quantitative estimate of drug-likeness (QED) is 0.0987. The van der Waals surface area contributed by atoms with Crippen molar-refractivity contribution >= 4 is 41.5 Å². The molecule has 0 saturated carbocycles. The van der Waals surface area contributed by atoms with Crippen molar-refractivity contribution in [2.45, 2.75) is 51.5 Å². The van der Waals surface area contributed by atoms with Gasteiger partial charge in [0.2, 0.25) is 0 Å². The number of nitrogens with zero attached hydrogens (tertiary/aromatic N) is 6. The number of hydrogen-bond acceptors (Lipinski definition) is 8. The van der Waals surface area contributed by atoms with Gasteiger partial charge >= 0.3 is 0 Å². The molecule has 3 aliphatic rings. The third-order valence-electron chi connectivity index (χ3n) is 8.38. The van der Waals surface area contributed by atoms with E-state index in [4.69, 9.17) is 19.7 Å². The highest BCUT2D eigenvalue weighted by molar-refractivity contribution is 6.06. The highest BCUT2D eigenvalue weighted by Crippen LogP contribution is 2.38. The molecule has 2 atom stereocenters. The summed E-state index contributed by atoms with van der Waals surface area (Å²) in [6.07, 6.45) is 7.88. The monoisotopic (exact) mass is 653 g/mol. The fraction of sp³-hybridized carbons (Fsp3) is 0.400. The number of methoxy groups -OCH3 is 1. The normalized spacial score (nSPS) is 18.8. The number of fused-ring (bicyclic) bond motifs is 3. The van der Waals surface area contributed by atoms with Crippen molar-refractivity contribution in [3.8, 4) is 17.2 Å². The van der Waals surface area contributed by atoms with E-state index in [0.717, 1.165) is 30.4 Å². The van der Waals surface area contributed by atoms with Crippen LogP contribution < -0.4 is 19.5 Å². The van der Waals surface area contributed by atoms with Crippen LogP contribution in [-0.4, -0.2) is 74.5 Å². The second-order valence-electron chi connectivity index (χ2n) is 12.1. The lowest BCUT2D eigenvalue weighted by atomic mass is 10.0. The molecular weight excluding hydrogens is 614 g/mol. The van der Waals surface area contributed by atoms with Crippen molar-refractivity contribution in [1.82, 2.24) is 10.2 Å². The summed E-state index contributed by atoms with van der Waals surface area (Å²) in [6, 6.07) is 6.20. The number of benzene rings is 2. The van der Waals surface area contributed by atoms with E-state index in [0.29, 0.717) is 67.4 Å². The average Bonchev–Trinajstić information content (AvgIpc) is 3.40. The molecule has 2 aromatic carbocycles. The van der Waals surface area contributed by atoms with E-state index in [-0.39, 0.29) is 41.4 Å². The number of hydrogen-bond donors (Lipinski definition) is 1. The van der Waals surface area contributed by atoms with Gasteiger partial charge in [0.05, 0.1) is 54.4 Å². The van der Waals surface area contributed by atoms with Gasteiger partial charge in [0.15, 0.2) is 11.5 Å². The molecule has 250 valence electrons. The molecule has 2 unspecified atom stereocenters. The summed E-state index contributed by atoms with van der Waals surface area (Å²) in [7, 11) is 1.53. The summed E-state index contributed by atoms with van der Waals surface area (Å²) >= 11 is 0. The Bertz CT molecular complexity index is 1740. The summed E-state index contributed by atoms with van der Waals surface area (Å²) in [5.41, 5.74) is 12.3. The van der Waals surface area contributed by atoms with Gasteiger partial charge in [-0.15, -0.1) is 0 Å². The Morgan fingerprint density at radius 2 is 1.71 bits per heavy atom. The molecule has 1 N–H and O–H groups in total. The van der Waals surface area contributed by atoms with Gasteiger partial charge in [0.25, 0.3) is 17.7 Å². The molecule has 1 fully saturated rings. The van der Waals surface area contributed by atoms with Crippen molar-refractivity contribution in [2.75, 3.05) is 33.4 Å². The molecule has 0 aliphatic carbocycles. The van der Waals surface area contributed by atoms with E-state index in [1.165, 1.54) is 19.2 Å². The Hall–Kier alpha value is -5.42. The van der Waals surface area contributed by atoms with Crippen LogP contribution in [0.25, 0.3) is 10.4 Å². The predicted octanol–water partition coefficient (Wildman–Crippen LogP) is 6.68. The maximum absolute atomic E-state index is 13.2. The fourth-order valence-electron chi connectivity index (χ4n) is 5.69. The van der Waals surface area contributed by atoms with Crippen LogP contribution in [0.3, 0.4) is 0 Å². The first-order valence-electron chi connectivity index (χ1n) is 15.9. The number of rotatable bonds is 10. The third kappa shape index (κ3) is 7.92. The fourth-order valence-corrected chi connectivity index (χ4v) is 5.69. The molecule has 3 amide bonds. The van der Waals surface area contributed by atoms with Gasteiger partial charge in [0, 0.05) is 42.6 Å². The molecule has 48 heavy (non-hydrogen) atoms. The van der Waals surface area contributed by atoms with Crippen LogP contribution in [0.2, 0.25) is 0 Å². The van der Waals surface area contributed by atoms with Gasteiger partial charge in [-0.1, -0.05) is 31.2 Å². The zero-order chi connectivity index (χ0) is 34.2. The zero-order valence-electron chi connectivity index (χ0n) is 27.2. The van der Waals surface area contributed by atoms with Crippen LogP contribution in [0.15, 0.2) is 63.7 Å². The molecule has 13 nitrogen and oxygen atoms in total. The summed E-state index contributed by atoms with van der Waals surface area (Å²) in [5, 5.41) is 6.05. The van der Waals surface area contributed by atoms with Gasteiger partial charge in [-0.25, -0.2) is 0 Å². The number of amides is 3. The minimum absolute atomic E-state index is 0.0243. The molecule has 2 aromatic rings. The highest BCUT2D eigenvalue weighted by Gasteiger charge is 2.34. The van der Waals surface area contributed by atoms with Gasteiger partial charge in [-0.3, -0.25) is 24.4 Å². The zero-order valence-corrected chi connectivity index (χ0v) is 27.2. The van der Waals surface area contributed by atoms with Gasteiger partial charge in [-0.2, -0.15) is 0 Å². The second-order valence-corrected chi connectivity index (χ2v) is 12.1. The van der Waals surface area contributed by atoms with Crippen molar-refractivity contribution in [1.29, 1.82) is 0 Å². The molecule has 5 rings (SSSR count). The van der Waals surface area contributed by atoms with Crippen molar-refractivity contribution in [2.24, 2.45) is 21.0 Å². The van der Waals surface area contributed by atoms with Gasteiger partial charge < -0.3 is 24.4 Å². The first-order valence-corrected chi connectivity index (χ1v) is 15.9. The lowest BCUT2D eigenvalue weighted by molar-refractivity contribution is 0.0777. The maximum atomic E-state index is 13.2. The summed E-state index contributed by atoms with van der Waals surface area (Å²) in [4.78, 5) is 52.5. The average molecular weight is 654 g/mol. The highest BCUT2D eigenvalue weighted by atomic mass is 16.5. The topological polar surface area (TPSA) is 168 Å². The van der Waals surface area contributed by atoms with Gasteiger partial charge in [0.1, 0.15) is 5.75 Å². The van der Waals surface area contributed by atoms with Crippen LogP contribution in [0.5, 0.6) is 17.2 Å². The van der Waals surface area contributed by atoms with Crippen LogP contribution >= 0.6 is 0 Å². The van der Waals surface area contributed by atoms with Crippen molar-refractivity contribution < 1.29 is 28.6 Å². The lowest BCUT2D eigenvalue weighted by Gasteiger charge is -2.20. The second kappa shape index (κ2) is 15.4. The third-order valence-corrected chi connectivity index (χ3v) is 8.38. The maximum Gasteiger partial charge on any atom is 0.257 e. The van der Waals surface area contributed by atoms with E-state index >= 15 is 0 Å². The molecule has 3 aliphatic heterocycles. The van der Waals surface area contributed by atoms with Crippen LogP contribution in [0, 0.1) is 5.92 Å². The van der Waals surface area contributed by atoms with Crippen LogP contribution in [0.1, 0.15) is 76.5 Å². The summed E-state index contributed by atoms with van der Waals surface area (Å²) in [6.45, 7) is 11.5. The van der Waals surface area contributed by atoms with Crippen molar-refractivity contribution in [3.05, 3.63) is 75.7 Å². The SMILES string of the molecule is C=C1CCC(C)C=Nc2cc(OCCCCCOc3cc4c(cc3OC)C(=O)N3CC(=C)CC3C=N4)c(C(=O)N=[N+]=[N-])cc2C(=O)NC1. The van der Waals surface area contributed by atoms with E-state index in [9.17, 15) is 14.4 Å². The first kappa shape index (κ1) is 33.9. The first-order chi connectivity index (χ1) is 23.2. The molecule has 0 spiro atoms. The van der Waals surface area contributed by atoms with Crippen molar-refractivity contribution in [3.63, 3.8) is 0 Å². The minimum atomic E-state index is -0.862. The number of azide groups is 1. The predicted molar refractivity (Wildman–Crippen MR) is 183 cm³/mol. The largest absolute Gasteiger partial charge is 0.493 e. The van der Waals surface area contributed by atoms with E-state index < -0.39 is 11.8 Å². The van der Waals surface area contributed by atoms with E-state index in [1.807, 2.05) is 6.92 Å². The number of nitrogens with one attached hydrogen (secondary N) is 1. The van der Waals surface area contributed by atoms with Crippen LogP contribution in [-0.2, 0) is 0 Å². The number of carbonyl (C=O) groups excluding carboxylic acids is 3. The molecule has 0 aromatic heterocycles. The van der Waals surface area contributed by atoms with Gasteiger partial charge in [-0.05, 0) is 67.2 Å². The number of ether oxygens (including phenoxy) is 3. The molecule has 0 bridgehead atoms. The Balaban J connectivity index is 1.21. The molecule has 3 heterocycles. The molecular formula is C35H39N7O6. The molecule has 0 radical (unpaired) electrons. The van der Waals surface area contributed by atoms with E-state index in [1.54, 1.807) is 29.5 Å². The number of carbonyl (C=O) groups is 3. The Kier molecular flexibility index (Phi) is 10.9. The lowest BCUT2D eigenvalue weighted by Crippen LogP contribution is -2.35. The molecule has 1 saturated heterocycles. The molecule has 13 heteroatoms.